The Morgan fingerprint density at radius 2 is 1.80 bits per heavy atom. The van der Waals surface area contributed by atoms with E-state index >= 15 is 0 Å². The van der Waals surface area contributed by atoms with Gasteiger partial charge in [-0.2, -0.15) is 0 Å². The topological polar surface area (TPSA) is 65.1 Å². The number of fused-ring (bicyclic) bond motifs is 1. The number of hydrogen-bond acceptors (Lipinski definition) is 5. The van der Waals surface area contributed by atoms with Crippen LogP contribution in [0, 0.1) is 11.6 Å². The van der Waals surface area contributed by atoms with Crippen LogP contribution < -0.4 is 14.2 Å². The van der Waals surface area contributed by atoms with Gasteiger partial charge in [0.1, 0.15) is 5.60 Å². The Labute approximate surface area is 172 Å². The second kappa shape index (κ2) is 7.59. The number of rotatable bonds is 3. The third-order valence-corrected chi connectivity index (χ3v) is 5.73. The van der Waals surface area contributed by atoms with Crippen molar-refractivity contribution < 1.29 is 32.6 Å². The molecule has 30 heavy (non-hydrogen) atoms. The number of carbonyl (C=O) groups excluding carboxylic acids is 2. The van der Waals surface area contributed by atoms with Gasteiger partial charge in [0.25, 0.3) is 5.91 Å². The smallest absolute Gasteiger partial charge is 0.253 e. The maximum absolute atomic E-state index is 13.5. The molecule has 2 aromatic rings. The number of methoxy groups -OCH3 is 2. The summed E-state index contributed by atoms with van der Waals surface area (Å²) in [7, 11) is 2.99. The van der Waals surface area contributed by atoms with Crippen LogP contribution in [0.15, 0.2) is 30.3 Å². The minimum atomic E-state index is -1.06. The van der Waals surface area contributed by atoms with Crippen molar-refractivity contribution in [2.24, 2.45) is 0 Å². The quantitative estimate of drug-likeness (QED) is 0.763. The van der Waals surface area contributed by atoms with Crippen LogP contribution in [0.25, 0.3) is 0 Å². The van der Waals surface area contributed by atoms with E-state index in [1.54, 1.807) is 17.0 Å². The summed E-state index contributed by atoms with van der Waals surface area (Å²) in [4.78, 5) is 27.0. The van der Waals surface area contributed by atoms with Crippen molar-refractivity contribution in [1.29, 1.82) is 0 Å². The van der Waals surface area contributed by atoms with Crippen molar-refractivity contribution >= 4 is 11.7 Å². The molecule has 0 N–H and O–H groups in total. The van der Waals surface area contributed by atoms with E-state index in [1.807, 2.05) is 0 Å². The first-order valence-corrected chi connectivity index (χ1v) is 9.59. The molecule has 2 heterocycles. The predicted octanol–water partition coefficient (Wildman–Crippen LogP) is 3.62. The lowest BCUT2D eigenvalue weighted by molar-refractivity contribution is -0.00747. The molecule has 0 bridgehead atoms. The number of halogens is 2. The molecular weight excluding hydrogens is 396 g/mol. The number of nitrogens with zero attached hydrogens (tertiary/aromatic N) is 1. The third kappa shape index (κ3) is 3.36. The van der Waals surface area contributed by atoms with Gasteiger partial charge in [0.05, 0.1) is 26.2 Å². The molecule has 1 saturated heterocycles. The fourth-order valence-corrected chi connectivity index (χ4v) is 4.07. The number of amides is 1. The molecule has 0 aromatic heterocycles. The van der Waals surface area contributed by atoms with Gasteiger partial charge in [0, 0.05) is 31.5 Å². The Bertz CT molecular complexity index is 1010. The van der Waals surface area contributed by atoms with Crippen molar-refractivity contribution in [2.45, 2.75) is 24.9 Å². The average Bonchev–Trinajstić information content (AvgIpc) is 2.74. The number of ketones is 1. The Morgan fingerprint density at radius 3 is 2.43 bits per heavy atom. The van der Waals surface area contributed by atoms with Crippen LogP contribution in [0.5, 0.6) is 17.2 Å². The van der Waals surface area contributed by atoms with Crippen LogP contribution in [0.2, 0.25) is 0 Å². The third-order valence-electron chi connectivity index (χ3n) is 5.73. The summed E-state index contributed by atoms with van der Waals surface area (Å²) >= 11 is 0. The molecule has 8 heteroatoms. The predicted molar refractivity (Wildman–Crippen MR) is 103 cm³/mol. The molecular formula is C22H21F2NO5. The Morgan fingerprint density at radius 1 is 1.07 bits per heavy atom. The van der Waals surface area contributed by atoms with Gasteiger partial charge in [-0.3, -0.25) is 9.59 Å². The van der Waals surface area contributed by atoms with E-state index in [9.17, 15) is 18.4 Å². The molecule has 1 spiro atoms. The highest BCUT2D eigenvalue weighted by Crippen LogP contribution is 2.47. The maximum atomic E-state index is 13.5. The van der Waals surface area contributed by atoms with Gasteiger partial charge < -0.3 is 19.1 Å². The lowest BCUT2D eigenvalue weighted by Crippen LogP contribution is -2.52. The summed E-state index contributed by atoms with van der Waals surface area (Å²) in [6.07, 6.45) is 1.05. The minimum Gasteiger partial charge on any atom is -0.493 e. The van der Waals surface area contributed by atoms with Gasteiger partial charge in [-0.1, -0.05) is 0 Å². The molecule has 0 atom stereocenters. The molecule has 2 aliphatic rings. The maximum Gasteiger partial charge on any atom is 0.253 e. The zero-order valence-corrected chi connectivity index (χ0v) is 16.7. The van der Waals surface area contributed by atoms with E-state index < -0.39 is 17.2 Å². The zero-order chi connectivity index (χ0) is 21.5. The number of likely N-dealkylation sites (tertiary alicyclic amines) is 1. The van der Waals surface area contributed by atoms with E-state index in [-0.39, 0.29) is 23.7 Å². The second-order valence-corrected chi connectivity index (χ2v) is 7.48. The largest absolute Gasteiger partial charge is 0.493 e. The van der Waals surface area contributed by atoms with E-state index in [0.29, 0.717) is 48.7 Å². The Kier molecular flexibility index (Phi) is 5.09. The lowest BCUT2D eigenvalue weighted by atomic mass is 9.82. The van der Waals surface area contributed by atoms with Crippen molar-refractivity contribution in [3.63, 3.8) is 0 Å². The van der Waals surface area contributed by atoms with Crippen molar-refractivity contribution in [2.75, 3.05) is 27.3 Å². The van der Waals surface area contributed by atoms with E-state index in [0.717, 1.165) is 12.1 Å². The van der Waals surface area contributed by atoms with Crippen LogP contribution in [-0.2, 0) is 0 Å². The number of hydrogen-bond donors (Lipinski definition) is 0. The molecule has 1 fully saturated rings. The summed E-state index contributed by atoms with van der Waals surface area (Å²) in [6.45, 7) is 0.652. The molecule has 0 aliphatic carbocycles. The van der Waals surface area contributed by atoms with Crippen molar-refractivity contribution in [1.82, 2.24) is 4.90 Å². The molecule has 1 amide bonds. The number of benzene rings is 2. The average molecular weight is 417 g/mol. The molecule has 0 saturated carbocycles. The lowest BCUT2D eigenvalue weighted by Gasteiger charge is -2.44. The number of Topliss-reactive ketones (excluding diaryl/α,β-unsaturated/α-hetero) is 1. The van der Waals surface area contributed by atoms with Crippen LogP contribution in [-0.4, -0.2) is 49.5 Å². The fourth-order valence-electron chi connectivity index (χ4n) is 4.07. The van der Waals surface area contributed by atoms with E-state index in [2.05, 4.69) is 0 Å². The Hall–Kier alpha value is -3.16. The van der Waals surface area contributed by atoms with E-state index in [4.69, 9.17) is 14.2 Å². The van der Waals surface area contributed by atoms with Gasteiger partial charge in [-0.15, -0.1) is 0 Å². The molecule has 0 unspecified atom stereocenters. The Balaban J connectivity index is 1.54. The zero-order valence-electron chi connectivity index (χ0n) is 16.7. The fraction of sp³-hybridized carbons (Fsp3) is 0.364. The first kappa shape index (κ1) is 20.1. The summed E-state index contributed by atoms with van der Waals surface area (Å²) in [5.74, 6) is -1.32. The normalized spacial score (nSPS) is 17.3. The van der Waals surface area contributed by atoms with Gasteiger partial charge in [0.2, 0.25) is 5.75 Å². The van der Waals surface area contributed by atoms with Gasteiger partial charge in [-0.05, 0) is 30.3 Å². The van der Waals surface area contributed by atoms with Crippen molar-refractivity contribution in [3.8, 4) is 17.2 Å². The second-order valence-electron chi connectivity index (χ2n) is 7.48. The molecule has 2 aliphatic heterocycles. The number of piperidine rings is 1. The summed E-state index contributed by atoms with van der Waals surface area (Å²) in [5.41, 5.74) is -0.227. The summed E-state index contributed by atoms with van der Waals surface area (Å²) in [6, 6.07) is 6.43. The van der Waals surface area contributed by atoms with Gasteiger partial charge >= 0.3 is 0 Å². The van der Waals surface area contributed by atoms with Gasteiger partial charge in [0.15, 0.2) is 28.9 Å². The highest BCUT2D eigenvalue weighted by molar-refractivity contribution is 6.01. The van der Waals surface area contributed by atoms with Crippen LogP contribution in [0.3, 0.4) is 0 Å². The SMILES string of the molecule is COc1ccc2c(c1OC)OC1(CCN(C(=O)c3ccc(F)c(F)c3)CC1)CC2=O. The molecule has 0 radical (unpaired) electrons. The van der Waals surface area contributed by atoms with Crippen LogP contribution in [0.4, 0.5) is 8.78 Å². The molecule has 2 aromatic carbocycles. The molecule has 4 rings (SSSR count). The first-order valence-electron chi connectivity index (χ1n) is 9.59. The number of carbonyl (C=O) groups is 2. The monoisotopic (exact) mass is 417 g/mol. The molecule has 6 nitrogen and oxygen atoms in total. The van der Waals surface area contributed by atoms with Crippen molar-refractivity contribution in [3.05, 3.63) is 53.1 Å². The number of ether oxygens (including phenoxy) is 3. The first-order chi connectivity index (χ1) is 14.4. The molecule has 158 valence electrons. The summed E-state index contributed by atoms with van der Waals surface area (Å²) < 4.78 is 43.6. The van der Waals surface area contributed by atoms with Gasteiger partial charge in [-0.25, -0.2) is 8.78 Å². The standard InChI is InChI=1S/C22H21F2NO5/c1-28-18-6-4-14-17(26)12-22(30-19(14)20(18)29-2)7-9-25(10-8-22)21(27)13-3-5-15(23)16(24)11-13/h3-6,11H,7-10,12H2,1-2H3. The van der Waals surface area contributed by atoms with Crippen LogP contribution >= 0.6 is 0 Å². The van der Waals surface area contributed by atoms with Crippen LogP contribution in [0.1, 0.15) is 40.0 Å². The highest BCUT2D eigenvalue weighted by atomic mass is 19.2. The minimum absolute atomic E-state index is 0.0578. The highest BCUT2D eigenvalue weighted by Gasteiger charge is 2.45. The summed E-state index contributed by atoms with van der Waals surface area (Å²) in [5, 5.41) is 0. The van der Waals surface area contributed by atoms with E-state index in [1.165, 1.54) is 20.3 Å².